The van der Waals surface area contributed by atoms with Gasteiger partial charge in [-0.15, -0.1) is 4.31 Å². The van der Waals surface area contributed by atoms with Crippen molar-refractivity contribution in [2.45, 2.75) is 33.3 Å². The highest BCUT2D eigenvalue weighted by Gasteiger charge is 2.26. The molecule has 4 heterocycles. The zero-order valence-electron chi connectivity index (χ0n) is 17.7. The van der Waals surface area contributed by atoms with Crippen LogP contribution < -0.4 is 9.64 Å². The van der Waals surface area contributed by atoms with Gasteiger partial charge >= 0.3 is 0 Å². The monoisotopic (exact) mass is 428 g/mol. The third-order valence-corrected chi connectivity index (χ3v) is 6.73. The maximum absolute atomic E-state index is 12.2. The lowest BCUT2D eigenvalue weighted by Gasteiger charge is -2.35. The largest absolute Gasteiger partial charge is 0.598 e. The summed E-state index contributed by atoms with van der Waals surface area (Å²) in [6, 6.07) is 5.96. The van der Waals surface area contributed by atoms with Gasteiger partial charge in [0.2, 0.25) is 5.88 Å². The van der Waals surface area contributed by atoms with E-state index >= 15 is 0 Å². The Morgan fingerprint density at radius 3 is 2.73 bits per heavy atom. The normalized spacial score (nSPS) is 16.4. The number of hydrogen-bond donors (Lipinski definition) is 1. The summed E-state index contributed by atoms with van der Waals surface area (Å²) in [5, 5.41) is 8.54. The lowest BCUT2D eigenvalue weighted by molar-refractivity contribution is 0.233. The van der Waals surface area contributed by atoms with Crippen LogP contribution in [0.25, 0.3) is 22.2 Å². The summed E-state index contributed by atoms with van der Waals surface area (Å²) >= 11 is -0.875. The van der Waals surface area contributed by atoms with E-state index in [0.717, 1.165) is 66.3 Å². The molecule has 0 saturated carbocycles. The van der Waals surface area contributed by atoms with E-state index in [1.54, 1.807) is 6.20 Å². The number of anilines is 1. The summed E-state index contributed by atoms with van der Waals surface area (Å²) in [5.74, 6) is 2.24. The summed E-state index contributed by atoms with van der Waals surface area (Å²) in [4.78, 5) is 11.2. The Morgan fingerprint density at radius 1 is 1.20 bits per heavy atom. The van der Waals surface area contributed by atoms with Gasteiger partial charge in [0.15, 0.2) is 0 Å². The van der Waals surface area contributed by atoms with Crippen molar-refractivity contribution in [2.24, 2.45) is 0 Å². The topological polar surface area (TPSA) is 93.2 Å². The highest BCUT2D eigenvalue weighted by atomic mass is 32.2. The Hall–Kier alpha value is -2.36. The van der Waals surface area contributed by atoms with E-state index in [1.807, 2.05) is 32.2 Å². The van der Waals surface area contributed by atoms with Gasteiger partial charge in [0.1, 0.15) is 17.3 Å². The predicted octanol–water partition coefficient (Wildman–Crippen LogP) is 3.00. The van der Waals surface area contributed by atoms with E-state index < -0.39 is 11.4 Å². The molecule has 0 aliphatic carbocycles. The molecule has 0 amide bonds. The molecule has 1 aliphatic rings. The van der Waals surface area contributed by atoms with Gasteiger partial charge in [-0.25, -0.2) is 9.97 Å². The molecular formula is C21H28N6O2S. The zero-order valence-corrected chi connectivity index (χ0v) is 18.5. The van der Waals surface area contributed by atoms with Crippen molar-refractivity contribution in [1.82, 2.24) is 24.5 Å². The number of nitrogens with one attached hydrogen (secondary N) is 1. The molecule has 3 aromatic heterocycles. The van der Waals surface area contributed by atoms with Gasteiger partial charge in [-0.3, -0.25) is 5.10 Å². The second-order valence-corrected chi connectivity index (χ2v) is 9.22. The molecule has 1 unspecified atom stereocenters. The Balaban J connectivity index is 1.54. The van der Waals surface area contributed by atoms with Crippen LogP contribution in [0.3, 0.4) is 0 Å². The minimum atomic E-state index is -0.875. The molecule has 0 bridgehead atoms. The fourth-order valence-corrected chi connectivity index (χ4v) is 4.76. The standard InChI is InChI=1S/C21H28N6O2S/c1-4-11-30(28)27-9-7-26(8-10-27)19-12-16(5-6-22-19)21-17-13-20(29-15(2)3)23-14-18(17)24-25-21/h5-6,12-15H,4,7-11H2,1-3H3,(H,24,25). The molecule has 3 aromatic rings. The first-order valence-corrected chi connectivity index (χ1v) is 11.7. The maximum atomic E-state index is 12.2. The highest BCUT2D eigenvalue weighted by Crippen LogP contribution is 2.30. The first-order valence-electron chi connectivity index (χ1n) is 10.4. The van der Waals surface area contributed by atoms with E-state index in [9.17, 15) is 4.55 Å². The number of ether oxygens (including phenoxy) is 1. The van der Waals surface area contributed by atoms with Crippen LogP contribution in [0.2, 0.25) is 0 Å². The van der Waals surface area contributed by atoms with Gasteiger partial charge in [-0.05, 0) is 32.4 Å². The molecule has 1 atom stereocenters. The molecule has 160 valence electrons. The van der Waals surface area contributed by atoms with Gasteiger partial charge in [-0.2, -0.15) is 5.10 Å². The molecule has 0 spiro atoms. The van der Waals surface area contributed by atoms with Gasteiger partial charge in [-0.1, -0.05) is 6.92 Å². The van der Waals surface area contributed by atoms with Gasteiger partial charge < -0.3 is 14.2 Å². The highest BCUT2D eigenvalue weighted by molar-refractivity contribution is 7.89. The van der Waals surface area contributed by atoms with Crippen LogP contribution in [0, 0.1) is 0 Å². The SMILES string of the molecule is CCC[S+]([O-])N1CCN(c2cc(-c3n[nH]c4cnc(OC(C)C)cc34)ccn2)CC1. The zero-order chi connectivity index (χ0) is 21.1. The molecular weight excluding hydrogens is 400 g/mol. The van der Waals surface area contributed by atoms with Crippen molar-refractivity contribution < 1.29 is 9.29 Å². The van der Waals surface area contributed by atoms with Crippen LogP contribution in [0.15, 0.2) is 30.6 Å². The molecule has 0 radical (unpaired) electrons. The minimum Gasteiger partial charge on any atom is -0.598 e. The van der Waals surface area contributed by atoms with Gasteiger partial charge in [0.05, 0.1) is 30.9 Å². The van der Waals surface area contributed by atoms with Crippen molar-refractivity contribution in [1.29, 1.82) is 0 Å². The van der Waals surface area contributed by atoms with E-state index in [-0.39, 0.29) is 6.10 Å². The quantitative estimate of drug-likeness (QED) is 0.578. The Morgan fingerprint density at radius 2 is 2.00 bits per heavy atom. The van der Waals surface area contributed by atoms with E-state index in [1.165, 1.54) is 0 Å². The Labute approximate surface area is 180 Å². The van der Waals surface area contributed by atoms with Crippen molar-refractivity contribution in [3.8, 4) is 17.1 Å². The lowest BCUT2D eigenvalue weighted by atomic mass is 10.1. The molecule has 0 aromatic carbocycles. The molecule has 9 heteroatoms. The number of pyridine rings is 2. The van der Waals surface area contributed by atoms with Gasteiger partial charge in [0.25, 0.3) is 0 Å². The molecule has 4 rings (SSSR count). The number of piperazine rings is 1. The number of hydrogen-bond acceptors (Lipinski definition) is 7. The maximum Gasteiger partial charge on any atom is 0.214 e. The number of aromatic amines is 1. The average molecular weight is 429 g/mol. The molecule has 1 fully saturated rings. The average Bonchev–Trinajstić information content (AvgIpc) is 3.17. The van der Waals surface area contributed by atoms with Crippen molar-refractivity contribution >= 4 is 28.1 Å². The lowest BCUT2D eigenvalue weighted by Crippen LogP contribution is -2.49. The Bertz CT molecular complexity index is 987. The van der Waals surface area contributed by atoms with Crippen LogP contribution >= 0.6 is 0 Å². The van der Waals surface area contributed by atoms with E-state index in [4.69, 9.17) is 4.74 Å². The summed E-state index contributed by atoms with van der Waals surface area (Å²) in [7, 11) is 0. The number of nitrogens with zero attached hydrogens (tertiary/aromatic N) is 5. The molecule has 1 aliphatic heterocycles. The van der Waals surface area contributed by atoms with Crippen LogP contribution in [0.1, 0.15) is 27.2 Å². The van der Waals surface area contributed by atoms with E-state index in [0.29, 0.717) is 5.88 Å². The fraction of sp³-hybridized carbons (Fsp3) is 0.476. The number of rotatable bonds is 7. The van der Waals surface area contributed by atoms with Crippen molar-refractivity contribution in [2.75, 3.05) is 36.8 Å². The molecule has 8 nitrogen and oxygen atoms in total. The van der Waals surface area contributed by atoms with Crippen molar-refractivity contribution in [3.63, 3.8) is 0 Å². The number of aromatic nitrogens is 4. The van der Waals surface area contributed by atoms with E-state index in [2.05, 4.69) is 42.4 Å². The van der Waals surface area contributed by atoms with Crippen molar-refractivity contribution in [3.05, 3.63) is 30.6 Å². The van der Waals surface area contributed by atoms with Crippen LogP contribution in [-0.4, -0.2) is 67.1 Å². The second-order valence-electron chi connectivity index (χ2n) is 7.65. The minimum absolute atomic E-state index is 0.0585. The first-order chi connectivity index (χ1) is 14.5. The summed E-state index contributed by atoms with van der Waals surface area (Å²) < 4.78 is 20.1. The summed E-state index contributed by atoms with van der Waals surface area (Å²) in [5.41, 5.74) is 2.71. The molecule has 1 saturated heterocycles. The number of fused-ring (bicyclic) bond motifs is 1. The van der Waals surface area contributed by atoms with Gasteiger partial charge in [0, 0.05) is 47.7 Å². The number of H-pyrrole nitrogens is 1. The molecule has 30 heavy (non-hydrogen) atoms. The first kappa shape index (κ1) is 20.9. The smallest absolute Gasteiger partial charge is 0.214 e. The fourth-order valence-electron chi connectivity index (χ4n) is 3.59. The second kappa shape index (κ2) is 9.20. The summed E-state index contributed by atoms with van der Waals surface area (Å²) in [6.07, 6.45) is 4.57. The summed E-state index contributed by atoms with van der Waals surface area (Å²) in [6.45, 7) is 9.21. The predicted molar refractivity (Wildman–Crippen MR) is 120 cm³/mol. The third-order valence-electron chi connectivity index (χ3n) is 5.03. The molecule has 1 N–H and O–H groups in total. The van der Waals surface area contributed by atoms with Crippen LogP contribution in [-0.2, 0) is 11.4 Å². The van der Waals surface area contributed by atoms with Crippen LogP contribution in [0.5, 0.6) is 5.88 Å². The van der Waals surface area contributed by atoms with Crippen LogP contribution in [0.4, 0.5) is 5.82 Å². The third kappa shape index (κ3) is 4.53. The Kier molecular flexibility index (Phi) is 6.40.